The number of halogens is 3. The average Bonchev–Trinajstić information content (AvgIpc) is 2.75. The van der Waals surface area contributed by atoms with Gasteiger partial charge in [0.25, 0.3) is 0 Å². The molecule has 1 heterocycles. The summed E-state index contributed by atoms with van der Waals surface area (Å²) >= 11 is 3.05. The predicted molar refractivity (Wildman–Crippen MR) is 74.0 cm³/mol. The summed E-state index contributed by atoms with van der Waals surface area (Å²) < 4.78 is 29.6. The van der Waals surface area contributed by atoms with Crippen LogP contribution in [-0.4, -0.2) is 9.55 Å². The van der Waals surface area contributed by atoms with Gasteiger partial charge in [-0.05, 0) is 26.0 Å². The zero-order valence-corrected chi connectivity index (χ0v) is 12.2. The first-order valence-corrected chi connectivity index (χ1v) is 6.67. The summed E-state index contributed by atoms with van der Waals surface area (Å²) in [7, 11) is 0. The number of rotatable bonds is 4. The molecule has 0 saturated heterocycles. The molecule has 0 aliphatic heterocycles. The summed E-state index contributed by atoms with van der Waals surface area (Å²) in [4.78, 5) is 4.04. The van der Waals surface area contributed by atoms with E-state index in [0.717, 1.165) is 5.69 Å². The molecule has 0 aliphatic rings. The average molecular weight is 330 g/mol. The fourth-order valence-corrected chi connectivity index (χ4v) is 2.23. The highest BCUT2D eigenvalue weighted by atomic mass is 79.9. The van der Waals surface area contributed by atoms with Gasteiger partial charge in [0, 0.05) is 16.7 Å². The van der Waals surface area contributed by atoms with Crippen LogP contribution in [0.3, 0.4) is 0 Å². The van der Waals surface area contributed by atoms with Crippen LogP contribution in [-0.2, 0) is 6.54 Å². The van der Waals surface area contributed by atoms with E-state index in [1.54, 1.807) is 12.5 Å². The standard InChI is InChI=1S/C13H14BrF2N3/c1-8(2)19-7-17-5-10(19)6-18-13-11(15)3-9(14)4-12(13)16/h3-5,7-8,18H,6H2,1-2H3. The minimum Gasteiger partial charge on any atom is -0.375 e. The van der Waals surface area contributed by atoms with E-state index < -0.39 is 11.6 Å². The van der Waals surface area contributed by atoms with Crippen molar-refractivity contribution in [1.82, 2.24) is 9.55 Å². The van der Waals surface area contributed by atoms with E-state index in [0.29, 0.717) is 11.0 Å². The molecule has 0 bridgehead atoms. The second-order valence-electron chi connectivity index (χ2n) is 4.48. The minimum absolute atomic E-state index is 0.125. The summed E-state index contributed by atoms with van der Waals surface area (Å²) in [5.41, 5.74) is 0.747. The molecule has 1 aromatic heterocycles. The van der Waals surface area contributed by atoms with Gasteiger partial charge in [-0.3, -0.25) is 0 Å². The quantitative estimate of drug-likeness (QED) is 0.914. The Labute approximate surface area is 118 Å². The first-order valence-electron chi connectivity index (χ1n) is 5.88. The van der Waals surface area contributed by atoms with E-state index in [2.05, 4.69) is 26.2 Å². The predicted octanol–water partition coefficient (Wildman–Crippen LogP) is 4.12. The van der Waals surface area contributed by atoms with Crippen LogP contribution in [0, 0.1) is 11.6 Å². The number of nitrogens with one attached hydrogen (secondary N) is 1. The summed E-state index contributed by atoms with van der Waals surface area (Å²) in [5, 5.41) is 2.77. The lowest BCUT2D eigenvalue weighted by molar-refractivity contribution is 0.571. The van der Waals surface area contributed by atoms with Gasteiger partial charge in [0.2, 0.25) is 0 Å². The number of hydrogen-bond donors (Lipinski definition) is 1. The van der Waals surface area contributed by atoms with Crippen molar-refractivity contribution in [3.05, 3.63) is 46.5 Å². The summed E-state index contributed by atoms with van der Waals surface area (Å²) in [5.74, 6) is -1.25. The zero-order chi connectivity index (χ0) is 14.0. The summed E-state index contributed by atoms with van der Waals surface area (Å²) in [6.07, 6.45) is 3.39. The van der Waals surface area contributed by atoms with Crippen LogP contribution in [0.2, 0.25) is 0 Å². The molecule has 0 spiro atoms. The molecule has 0 amide bonds. The zero-order valence-electron chi connectivity index (χ0n) is 10.6. The van der Waals surface area contributed by atoms with Gasteiger partial charge >= 0.3 is 0 Å². The highest BCUT2D eigenvalue weighted by Gasteiger charge is 2.11. The van der Waals surface area contributed by atoms with E-state index in [1.165, 1.54) is 12.1 Å². The molecule has 0 atom stereocenters. The van der Waals surface area contributed by atoms with Crippen molar-refractivity contribution in [2.45, 2.75) is 26.4 Å². The Morgan fingerprint density at radius 2 is 1.95 bits per heavy atom. The van der Waals surface area contributed by atoms with Gasteiger partial charge in [0.05, 0.1) is 18.6 Å². The van der Waals surface area contributed by atoms with Gasteiger partial charge in [-0.2, -0.15) is 0 Å². The molecule has 1 N–H and O–H groups in total. The normalized spacial score (nSPS) is 11.1. The highest BCUT2D eigenvalue weighted by molar-refractivity contribution is 9.10. The maximum atomic E-state index is 13.6. The second-order valence-corrected chi connectivity index (χ2v) is 5.40. The first-order chi connectivity index (χ1) is 8.99. The van der Waals surface area contributed by atoms with E-state index in [9.17, 15) is 8.78 Å². The Morgan fingerprint density at radius 3 is 2.53 bits per heavy atom. The van der Waals surface area contributed by atoms with Crippen molar-refractivity contribution < 1.29 is 8.78 Å². The number of benzene rings is 1. The van der Waals surface area contributed by atoms with Crippen molar-refractivity contribution in [2.75, 3.05) is 5.32 Å². The first kappa shape index (κ1) is 14.0. The third kappa shape index (κ3) is 3.12. The smallest absolute Gasteiger partial charge is 0.150 e. The molecule has 0 saturated carbocycles. The molecule has 1 aromatic carbocycles. The maximum Gasteiger partial charge on any atom is 0.150 e. The molecule has 3 nitrogen and oxygen atoms in total. The second kappa shape index (κ2) is 5.69. The Kier molecular flexibility index (Phi) is 4.19. The molecule has 0 unspecified atom stereocenters. The van der Waals surface area contributed by atoms with Gasteiger partial charge in [-0.25, -0.2) is 13.8 Å². The van der Waals surface area contributed by atoms with E-state index in [-0.39, 0.29) is 11.7 Å². The topological polar surface area (TPSA) is 29.9 Å². The highest BCUT2D eigenvalue weighted by Crippen LogP contribution is 2.24. The van der Waals surface area contributed by atoms with Crippen molar-refractivity contribution >= 4 is 21.6 Å². The van der Waals surface area contributed by atoms with E-state index >= 15 is 0 Å². The summed E-state index contributed by atoms with van der Waals surface area (Å²) in [6, 6.07) is 2.70. The van der Waals surface area contributed by atoms with Crippen molar-refractivity contribution in [1.29, 1.82) is 0 Å². The van der Waals surface area contributed by atoms with Crippen LogP contribution >= 0.6 is 15.9 Å². The minimum atomic E-state index is -0.623. The molecule has 102 valence electrons. The Hall–Kier alpha value is -1.43. The third-order valence-corrected chi connectivity index (χ3v) is 3.21. The van der Waals surface area contributed by atoms with Crippen LogP contribution in [0.1, 0.15) is 25.6 Å². The molecule has 2 aromatic rings. The number of anilines is 1. The van der Waals surface area contributed by atoms with Crippen molar-refractivity contribution in [3.8, 4) is 0 Å². The van der Waals surface area contributed by atoms with Crippen molar-refractivity contribution in [2.24, 2.45) is 0 Å². The van der Waals surface area contributed by atoms with Crippen LogP contribution in [0.5, 0.6) is 0 Å². The van der Waals surface area contributed by atoms with Gasteiger partial charge in [-0.1, -0.05) is 15.9 Å². The Bertz CT molecular complexity index is 558. The number of hydrogen-bond acceptors (Lipinski definition) is 2. The fraction of sp³-hybridized carbons (Fsp3) is 0.308. The maximum absolute atomic E-state index is 13.6. The van der Waals surface area contributed by atoms with Gasteiger partial charge in [0.15, 0.2) is 0 Å². The molecule has 2 rings (SSSR count). The molecule has 0 aliphatic carbocycles. The monoisotopic (exact) mass is 329 g/mol. The van der Waals surface area contributed by atoms with Crippen LogP contribution in [0.15, 0.2) is 29.1 Å². The molecule has 19 heavy (non-hydrogen) atoms. The number of imidazole rings is 1. The van der Waals surface area contributed by atoms with Gasteiger partial charge in [-0.15, -0.1) is 0 Å². The fourth-order valence-electron chi connectivity index (χ4n) is 1.82. The molecule has 0 fully saturated rings. The Balaban J connectivity index is 2.17. The lowest BCUT2D eigenvalue weighted by Gasteiger charge is -2.13. The van der Waals surface area contributed by atoms with Crippen LogP contribution < -0.4 is 5.32 Å². The number of nitrogens with zero attached hydrogens (tertiary/aromatic N) is 2. The third-order valence-electron chi connectivity index (χ3n) is 2.76. The molecule has 6 heteroatoms. The van der Waals surface area contributed by atoms with Crippen molar-refractivity contribution in [3.63, 3.8) is 0 Å². The SMILES string of the molecule is CC(C)n1cncc1CNc1c(F)cc(Br)cc1F. The van der Waals surface area contributed by atoms with E-state index in [1.807, 2.05) is 18.4 Å². The Morgan fingerprint density at radius 1 is 1.32 bits per heavy atom. The largest absolute Gasteiger partial charge is 0.375 e. The molecule has 0 radical (unpaired) electrons. The number of aromatic nitrogens is 2. The molecular weight excluding hydrogens is 316 g/mol. The van der Waals surface area contributed by atoms with E-state index in [4.69, 9.17) is 0 Å². The van der Waals surface area contributed by atoms with Gasteiger partial charge in [0.1, 0.15) is 17.3 Å². The van der Waals surface area contributed by atoms with Gasteiger partial charge < -0.3 is 9.88 Å². The lowest BCUT2D eigenvalue weighted by Crippen LogP contribution is -2.10. The van der Waals surface area contributed by atoms with Crippen LogP contribution in [0.4, 0.5) is 14.5 Å². The van der Waals surface area contributed by atoms with Crippen LogP contribution in [0.25, 0.3) is 0 Å². The molecular formula is C13H14BrF2N3. The lowest BCUT2D eigenvalue weighted by atomic mass is 10.2. The summed E-state index contributed by atoms with van der Waals surface area (Å²) in [6.45, 7) is 4.35.